The van der Waals surface area contributed by atoms with Crippen molar-refractivity contribution in [2.45, 2.75) is 30.3 Å². The Balaban J connectivity index is 1.97. The molecule has 0 aliphatic carbocycles. The highest BCUT2D eigenvalue weighted by atomic mass is 35.5. The molecule has 1 aromatic heterocycles. The number of fused-ring (bicyclic) bond motifs is 1. The first-order chi connectivity index (χ1) is 13.9. The maximum absolute atomic E-state index is 13.0. The van der Waals surface area contributed by atoms with Crippen LogP contribution in [0, 0.1) is 0 Å². The molecule has 3 aromatic rings. The molecule has 1 atom stereocenters. The Bertz CT molecular complexity index is 1080. The average molecular weight is 451 g/mol. The summed E-state index contributed by atoms with van der Waals surface area (Å²) in [5.41, 5.74) is 0.919. The van der Waals surface area contributed by atoms with Gasteiger partial charge in [-0.3, -0.25) is 14.2 Å². The highest BCUT2D eigenvalue weighted by Gasteiger charge is 2.20. The summed E-state index contributed by atoms with van der Waals surface area (Å²) < 4.78 is 6.71. The lowest BCUT2D eigenvalue weighted by atomic mass is 10.1. The third kappa shape index (κ3) is 5.20. The number of hydrogen-bond donors (Lipinski definition) is 0. The Labute approximate surface area is 183 Å². The van der Waals surface area contributed by atoms with Crippen LogP contribution in [0.1, 0.15) is 23.7 Å². The minimum absolute atomic E-state index is 0.0597. The van der Waals surface area contributed by atoms with Crippen LogP contribution in [0.15, 0.2) is 52.4 Å². The highest BCUT2D eigenvalue weighted by Crippen LogP contribution is 2.26. The van der Waals surface area contributed by atoms with Crippen LogP contribution in [0.2, 0.25) is 10.0 Å². The summed E-state index contributed by atoms with van der Waals surface area (Å²) in [7, 11) is 1.62. The van der Waals surface area contributed by atoms with Crippen molar-refractivity contribution < 1.29 is 9.53 Å². The third-order valence-electron chi connectivity index (χ3n) is 4.39. The quantitative estimate of drug-likeness (QED) is 0.206. The molecule has 152 valence electrons. The van der Waals surface area contributed by atoms with Crippen molar-refractivity contribution in [3.63, 3.8) is 0 Å². The molecule has 1 heterocycles. The van der Waals surface area contributed by atoms with E-state index in [4.69, 9.17) is 27.9 Å². The smallest absolute Gasteiger partial charge is 0.262 e. The van der Waals surface area contributed by atoms with E-state index in [0.717, 1.165) is 0 Å². The number of ether oxygens (including phenoxy) is 1. The Hall–Kier alpha value is -1.86. The van der Waals surface area contributed by atoms with Crippen molar-refractivity contribution in [1.82, 2.24) is 9.55 Å². The van der Waals surface area contributed by atoms with Gasteiger partial charge >= 0.3 is 0 Å². The SMILES string of the molecule is COCCCn1c(SC(C)C(=O)c2ccc(Cl)cc2)nc2cc(Cl)ccc2c1=O. The highest BCUT2D eigenvalue weighted by molar-refractivity contribution is 8.00. The second-order valence-corrected chi connectivity index (χ2v) is 8.67. The first kappa shape index (κ1) is 21.8. The summed E-state index contributed by atoms with van der Waals surface area (Å²) in [6.45, 7) is 2.77. The van der Waals surface area contributed by atoms with Crippen molar-refractivity contribution in [3.8, 4) is 0 Å². The summed E-state index contributed by atoms with van der Waals surface area (Å²) >= 11 is 13.2. The van der Waals surface area contributed by atoms with Gasteiger partial charge in [-0.2, -0.15) is 0 Å². The molecule has 29 heavy (non-hydrogen) atoms. The van der Waals surface area contributed by atoms with Gasteiger partial charge < -0.3 is 4.74 Å². The number of methoxy groups -OCH3 is 1. The number of aromatic nitrogens is 2. The lowest BCUT2D eigenvalue weighted by Crippen LogP contribution is -2.25. The molecule has 0 saturated heterocycles. The van der Waals surface area contributed by atoms with Gasteiger partial charge in [0.05, 0.1) is 16.2 Å². The predicted octanol–water partition coefficient (Wildman–Crippen LogP) is 5.10. The minimum atomic E-state index is -0.437. The van der Waals surface area contributed by atoms with Gasteiger partial charge in [0.25, 0.3) is 5.56 Å². The lowest BCUT2D eigenvalue weighted by molar-refractivity contribution is 0.0994. The van der Waals surface area contributed by atoms with Crippen molar-refractivity contribution >= 4 is 51.6 Å². The molecule has 3 rings (SSSR count). The van der Waals surface area contributed by atoms with Gasteiger partial charge in [0, 0.05) is 35.9 Å². The normalized spacial score (nSPS) is 12.3. The van der Waals surface area contributed by atoms with E-state index in [9.17, 15) is 9.59 Å². The number of Topliss-reactive ketones (excluding diaryl/α,β-unsaturated/α-hetero) is 1. The molecule has 0 saturated carbocycles. The van der Waals surface area contributed by atoms with Crippen molar-refractivity contribution in [2.24, 2.45) is 0 Å². The van der Waals surface area contributed by atoms with Crippen molar-refractivity contribution in [2.75, 3.05) is 13.7 Å². The summed E-state index contributed by atoms with van der Waals surface area (Å²) in [4.78, 5) is 30.5. The Morgan fingerprint density at radius 1 is 1.17 bits per heavy atom. The zero-order valence-corrected chi connectivity index (χ0v) is 18.4. The first-order valence-corrected chi connectivity index (χ1v) is 10.7. The molecular formula is C21H20Cl2N2O3S. The topological polar surface area (TPSA) is 61.2 Å². The predicted molar refractivity (Wildman–Crippen MR) is 119 cm³/mol. The van der Waals surface area contributed by atoms with Crippen molar-refractivity contribution in [3.05, 3.63) is 68.4 Å². The number of thioether (sulfide) groups is 1. The zero-order valence-electron chi connectivity index (χ0n) is 16.0. The van der Waals surface area contributed by atoms with E-state index in [0.29, 0.717) is 51.2 Å². The summed E-state index contributed by atoms with van der Waals surface area (Å²) in [5, 5.41) is 1.61. The van der Waals surface area contributed by atoms with Crippen LogP contribution in [0.5, 0.6) is 0 Å². The van der Waals surface area contributed by atoms with Gasteiger partial charge in [0.2, 0.25) is 0 Å². The van der Waals surface area contributed by atoms with E-state index in [1.54, 1.807) is 61.1 Å². The summed E-state index contributed by atoms with van der Waals surface area (Å²) in [6.07, 6.45) is 0.657. The fourth-order valence-electron chi connectivity index (χ4n) is 2.89. The third-order valence-corrected chi connectivity index (χ3v) is 5.97. The van der Waals surface area contributed by atoms with E-state index in [1.165, 1.54) is 11.8 Å². The molecule has 0 radical (unpaired) electrons. The number of carbonyl (C=O) groups excluding carboxylic acids is 1. The fourth-order valence-corrected chi connectivity index (χ4v) is 4.19. The molecular weight excluding hydrogens is 431 g/mol. The van der Waals surface area contributed by atoms with E-state index in [1.807, 2.05) is 0 Å². The van der Waals surface area contributed by atoms with Crippen LogP contribution in [-0.4, -0.2) is 34.3 Å². The van der Waals surface area contributed by atoms with Crippen LogP contribution in [0.4, 0.5) is 0 Å². The van der Waals surface area contributed by atoms with E-state index in [-0.39, 0.29) is 11.3 Å². The minimum Gasteiger partial charge on any atom is -0.385 e. The van der Waals surface area contributed by atoms with Crippen LogP contribution in [-0.2, 0) is 11.3 Å². The molecule has 8 heteroatoms. The van der Waals surface area contributed by atoms with Gasteiger partial charge in [-0.15, -0.1) is 0 Å². The molecule has 0 fully saturated rings. The largest absolute Gasteiger partial charge is 0.385 e. The summed E-state index contributed by atoms with van der Waals surface area (Å²) in [5.74, 6) is -0.0597. The van der Waals surface area contributed by atoms with E-state index < -0.39 is 5.25 Å². The second-order valence-electron chi connectivity index (χ2n) is 6.49. The number of hydrogen-bond acceptors (Lipinski definition) is 5. The lowest BCUT2D eigenvalue weighted by Gasteiger charge is -2.16. The van der Waals surface area contributed by atoms with Crippen LogP contribution in [0.3, 0.4) is 0 Å². The van der Waals surface area contributed by atoms with Gasteiger partial charge in [-0.25, -0.2) is 4.98 Å². The van der Waals surface area contributed by atoms with E-state index >= 15 is 0 Å². The van der Waals surface area contributed by atoms with Gasteiger partial charge in [0.15, 0.2) is 10.9 Å². The molecule has 0 spiro atoms. The number of ketones is 1. The average Bonchev–Trinajstić information content (AvgIpc) is 2.70. The standard InChI is InChI=1S/C21H20Cl2N2O3S/c1-13(19(26)14-4-6-15(22)7-5-14)29-21-24-18-12-16(23)8-9-17(18)20(27)25(21)10-3-11-28-2/h4-9,12-13H,3,10-11H2,1-2H3. The monoisotopic (exact) mass is 450 g/mol. The maximum Gasteiger partial charge on any atom is 0.262 e. The number of nitrogens with zero attached hydrogens (tertiary/aromatic N) is 2. The van der Waals surface area contributed by atoms with Gasteiger partial charge in [-0.1, -0.05) is 35.0 Å². The summed E-state index contributed by atoms with van der Waals surface area (Å²) in [6, 6.07) is 11.8. The molecule has 0 N–H and O–H groups in total. The molecule has 0 amide bonds. The fraction of sp³-hybridized carbons (Fsp3) is 0.286. The zero-order chi connectivity index (χ0) is 21.0. The number of carbonyl (C=O) groups is 1. The molecule has 0 aliphatic rings. The maximum atomic E-state index is 13.0. The second kappa shape index (κ2) is 9.76. The molecule has 5 nitrogen and oxygen atoms in total. The number of halogens is 2. The number of rotatable bonds is 8. The first-order valence-electron chi connectivity index (χ1n) is 9.06. The van der Waals surface area contributed by atoms with Crippen LogP contribution in [0.25, 0.3) is 10.9 Å². The molecule has 2 aromatic carbocycles. The molecule has 0 bridgehead atoms. The molecule has 0 aliphatic heterocycles. The van der Waals surface area contributed by atoms with Gasteiger partial charge in [-0.05, 0) is 55.8 Å². The van der Waals surface area contributed by atoms with Crippen molar-refractivity contribution in [1.29, 1.82) is 0 Å². The van der Waals surface area contributed by atoms with Crippen LogP contribution >= 0.6 is 35.0 Å². The Kier molecular flexibility index (Phi) is 7.35. The number of benzene rings is 2. The van der Waals surface area contributed by atoms with Crippen LogP contribution < -0.4 is 5.56 Å². The van der Waals surface area contributed by atoms with Gasteiger partial charge in [0.1, 0.15) is 0 Å². The van der Waals surface area contributed by atoms with E-state index in [2.05, 4.69) is 4.98 Å². The Morgan fingerprint density at radius 3 is 2.55 bits per heavy atom. The Morgan fingerprint density at radius 2 is 1.86 bits per heavy atom. The molecule has 1 unspecified atom stereocenters.